The number of amides is 2. The quantitative estimate of drug-likeness (QED) is 0.515. The van der Waals surface area contributed by atoms with E-state index in [1.165, 1.54) is 7.11 Å². The molecule has 0 radical (unpaired) electrons. The summed E-state index contributed by atoms with van der Waals surface area (Å²) < 4.78 is 16.4. The molecule has 0 atom stereocenters. The summed E-state index contributed by atoms with van der Waals surface area (Å²) in [6.45, 7) is 2.60. The van der Waals surface area contributed by atoms with Crippen LogP contribution in [0.2, 0.25) is 5.15 Å². The van der Waals surface area contributed by atoms with Crippen molar-refractivity contribution in [2.24, 2.45) is 5.41 Å². The Kier molecular flexibility index (Phi) is 5.85. The van der Waals surface area contributed by atoms with Gasteiger partial charge in [0, 0.05) is 43.2 Å². The van der Waals surface area contributed by atoms with Gasteiger partial charge in [0.25, 0.3) is 11.8 Å². The van der Waals surface area contributed by atoms with Crippen LogP contribution >= 0.6 is 11.6 Å². The predicted molar refractivity (Wildman–Crippen MR) is 127 cm³/mol. The molecule has 0 N–H and O–H groups in total. The van der Waals surface area contributed by atoms with E-state index in [9.17, 15) is 9.59 Å². The zero-order valence-corrected chi connectivity index (χ0v) is 19.9. The minimum Gasteiger partial charge on any atom is -0.493 e. The fraction of sp³-hybridized carbons (Fsp3) is 0.400. The minimum atomic E-state index is -0.104. The number of fused-ring (bicyclic) bond motifs is 1. The van der Waals surface area contributed by atoms with Gasteiger partial charge in [0.05, 0.1) is 14.2 Å². The topological polar surface area (TPSA) is 85.1 Å². The summed E-state index contributed by atoms with van der Waals surface area (Å²) in [5, 5.41) is 1.07. The summed E-state index contributed by atoms with van der Waals surface area (Å²) in [5.74, 6) is 1.07. The molecular formula is C25H26ClN3O5. The van der Waals surface area contributed by atoms with Gasteiger partial charge in [0.1, 0.15) is 5.15 Å². The second-order valence-corrected chi connectivity index (χ2v) is 9.37. The molecule has 1 aromatic carbocycles. The van der Waals surface area contributed by atoms with E-state index in [4.69, 9.17) is 25.5 Å². The number of halogens is 1. The normalized spacial score (nSPS) is 17.4. The highest BCUT2D eigenvalue weighted by Crippen LogP contribution is 2.41. The molecule has 1 spiro atoms. The molecule has 34 heavy (non-hydrogen) atoms. The molecule has 2 aliphatic rings. The number of para-hydroxylation sites is 1. The number of hydrogen-bond acceptors (Lipinski definition) is 6. The van der Waals surface area contributed by atoms with E-state index in [0.717, 1.165) is 24.6 Å². The van der Waals surface area contributed by atoms with E-state index in [0.29, 0.717) is 54.7 Å². The maximum absolute atomic E-state index is 13.2. The fourth-order valence-electron chi connectivity index (χ4n) is 5.04. The van der Waals surface area contributed by atoms with E-state index in [-0.39, 0.29) is 22.4 Å². The van der Waals surface area contributed by atoms with Gasteiger partial charge in [-0.15, -0.1) is 0 Å². The van der Waals surface area contributed by atoms with Gasteiger partial charge >= 0.3 is 0 Å². The molecule has 4 heterocycles. The van der Waals surface area contributed by atoms with Crippen LogP contribution in [0, 0.1) is 5.41 Å². The number of hydrogen-bond donors (Lipinski definition) is 0. The Hall–Kier alpha value is -3.26. The molecule has 0 unspecified atom stereocenters. The van der Waals surface area contributed by atoms with Gasteiger partial charge in [-0.05, 0) is 42.9 Å². The van der Waals surface area contributed by atoms with Crippen LogP contribution in [0.5, 0.6) is 11.6 Å². The molecule has 178 valence electrons. The molecule has 2 amide bonds. The molecule has 2 saturated heterocycles. The highest BCUT2D eigenvalue weighted by molar-refractivity contribution is 6.29. The minimum absolute atomic E-state index is 0.0176. The fourth-order valence-corrected chi connectivity index (χ4v) is 5.24. The zero-order chi connectivity index (χ0) is 23.9. The van der Waals surface area contributed by atoms with Crippen molar-refractivity contribution < 1.29 is 23.5 Å². The Labute approximate surface area is 202 Å². The van der Waals surface area contributed by atoms with E-state index >= 15 is 0 Å². The molecule has 5 rings (SSSR count). The molecule has 8 nitrogen and oxygen atoms in total. The summed E-state index contributed by atoms with van der Waals surface area (Å²) in [6.07, 6.45) is 2.60. The smallest absolute Gasteiger partial charge is 0.289 e. The number of carbonyl (C=O) groups is 2. The number of rotatable bonds is 4. The lowest BCUT2D eigenvalue weighted by atomic mass is 9.77. The number of methoxy groups -OCH3 is 2. The summed E-state index contributed by atoms with van der Waals surface area (Å²) in [5.41, 5.74) is 1.07. The lowest BCUT2D eigenvalue weighted by Crippen LogP contribution is -2.44. The zero-order valence-electron chi connectivity index (χ0n) is 19.2. The lowest BCUT2D eigenvalue weighted by molar-refractivity contribution is 0.0560. The first-order valence-electron chi connectivity index (χ1n) is 11.3. The van der Waals surface area contributed by atoms with E-state index < -0.39 is 0 Å². The standard InChI is InChI=1S/C25H26ClN3O5/c1-32-18-5-3-4-16-12-19(34-22(16)18)24(31)29-11-8-25(15-29)6-9-28(10-7-25)23(30)17-13-20(26)27-21(14-17)33-2/h3-5,12-14H,6-11,15H2,1-2H3. The van der Waals surface area contributed by atoms with Crippen LogP contribution in [-0.4, -0.2) is 67.0 Å². The van der Waals surface area contributed by atoms with Gasteiger partial charge in [-0.25, -0.2) is 4.98 Å². The van der Waals surface area contributed by atoms with Crippen LogP contribution in [0.3, 0.4) is 0 Å². The lowest BCUT2D eigenvalue weighted by Gasteiger charge is -2.39. The number of benzene rings is 1. The predicted octanol–water partition coefficient (Wildman–Crippen LogP) is 4.27. The van der Waals surface area contributed by atoms with Gasteiger partial charge in [-0.2, -0.15) is 0 Å². The van der Waals surface area contributed by atoms with Crippen molar-refractivity contribution in [1.82, 2.24) is 14.8 Å². The van der Waals surface area contributed by atoms with Crippen molar-refractivity contribution in [3.8, 4) is 11.6 Å². The van der Waals surface area contributed by atoms with Crippen LogP contribution in [0.15, 0.2) is 40.8 Å². The van der Waals surface area contributed by atoms with Crippen molar-refractivity contribution in [2.45, 2.75) is 19.3 Å². The Morgan fingerprint density at radius 1 is 1.00 bits per heavy atom. The number of furan rings is 1. The van der Waals surface area contributed by atoms with Gasteiger partial charge < -0.3 is 23.7 Å². The SMILES string of the molecule is COc1cc(C(=O)N2CCC3(CC2)CCN(C(=O)c2cc4cccc(OC)c4o2)C3)cc(Cl)n1. The molecular weight excluding hydrogens is 458 g/mol. The van der Waals surface area contributed by atoms with Crippen LogP contribution in [-0.2, 0) is 0 Å². The second-order valence-electron chi connectivity index (χ2n) is 8.98. The first-order chi connectivity index (χ1) is 16.4. The maximum atomic E-state index is 13.2. The van der Waals surface area contributed by atoms with Crippen molar-refractivity contribution in [3.63, 3.8) is 0 Å². The number of piperidine rings is 1. The molecule has 0 saturated carbocycles. The van der Waals surface area contributed by atoms with Crippen LogP contribution in [0.25, 0.3) is 11.0 Å². The third-order valence-electron chi connectivity index (χ3n) is 7.00. The third kappa shape index (κ3) is 4.07. The van der Waals surface area contributed by atoms with Crippen LogP contribution < -0.4 is 9.47 Å². The second kappa shape index (κ2) is 8.83. The number of likely N-dealkylation sites (tertiary alicyclic amines) is 2. The van der Waals surface area contributed by atoms with E-state index in [2.05, 4.69) is 4.98 Å². The Balaban J connectivity index is 1.24. The Morgan fingerprint density at radius 3 is 2.44 bits per heavy atom. The summed E-state index contributed by atoms with van der Waals surface area (Å²) in [7, 11) is 3.08. The van der Waals surface area contributed by atoms with Crippen molar-refractivity contribution in [2.75, 3.05) is 40.4 Å². The first kappa shape index (κ1) is 22.5. The van der Waals surface area contributed by atoms with E-state index in [1.54, 1.807) is 25.3 Å². The average Bonchev–Trinajstić information content (AvgIpc) is 3.48. The van der Waals surface area contributed by atoms with Crippen LogP contribution in [0.1, 0.15) is 40.2 Å². The van der Waals surface area contributed by atoms with Crippen molar-refractivity contribution >= 4 is 34.4 Å². The average molecular weight is 484 g/mol. The molecule has 2 aliphatic heterocycles. The third-order valence-corrected chi connectivity index (χ3v) is 7.20. The molecule has 3 aromatic rings. The molecule has 2 fully saturated rings. The van der Waals surface area contributed by atoms with Gasteiger partial charge in [-0.1, -0.05) is 23.7 Å². The highest BCUT2D eigenvalue weighted by Gasteiger charge is 2.43. The maximum Gasteiger partial charge on any atom is 0.289 e. The number of carbonyl (C=O) groups excluding carboxylic acids is 2. The monoisotopic (exact) mass is 483 g/mol. The number of nitrogens with zero attached hydrogens (tertiary/aromatic N) is 3. The largest absolute Gasteiger partial charge is 0.493 e. The molecule has 0 bridgehead atoms. The molecule has 2 aromatic heterocycles. The summed E-state index contributed by atoms with van der Waals surface area (Å²) >= 11 is 6.04. The van der Waals surface area contributed by atoms with Crippen molar-refractivity contribution in [3.05, 3.63) is 52.9 Å². The van der Waals surface area contributed by atoms with E-state index in [1.807, 2.05) is 28.0 Å². The Morgan fingerprint density at radius 2 is 1.74 bits per heavy atom. The number of ether oxygens (including phenoxy) is 2. The number of aromatic nitrogens is 1. The summed E-state index contributed by atoms with van der Waals surface area (Å²) in [4.78, 5) is 33.9. The first-order valence-corrected chi connectivity index (χ1v) is 11.7. The van der Waals surface area contributed by atoms with Crippen LogP contribution in [0.4, 0.5) is 0 Å². The molecule has 0 aliphatic carbocycles. The van der Waals surface area contributed by atoms with Crippen molar-refractivity contribution in [1.29, 1.82) is 0 Å². The number of pyridine rings is 1. The summed E-state index contributed by atoms with van der Waals surface area (Å²) in [6, 6.07) is 10.5. The highest BCUT2D eigenvalue weighted by atomic mass is 35.5. The Bertz CT molecular complexity index is 1250. The van der Waals surface area contributed by atoms with Gasteiger partial charge in [0.15, 0.2) is 17.1 Å². The van der Waals surface area contributed by atoms with Gasteiger partial charge in [0.2, 0.25) is 5.88 Å². The van der Waals surface area contributed by atoms with Gasteiger partial charge in [-0.3, -0.25) is 9.59 Å². The molecule has 9 heteroatoms.